The van der Waals surface area contributed by atoms with E-state index in [1.807, 2.05) is 18.2 Å². The monoisotopic (exact) mass is 290 g/mol. The van der Waals surface area contributed by atoms with Crippen molar-refractivity contribution in [3.63, 3.8) is 0 Å². The minimum Gasteiger partial charge on any atom is -0.772 e. The maximum absolute atomic E-state index is 10.7. The lowest BCUT2D eigenvalue weighted by atomic mass is 10.0. The molecule has 0 N–H and O–H groups in total. The zero-order valence-electron chi connectivity index (χ0n) is 9.80. The Labute approximate surface area is 118 Å². The molecular weight excluding hydrogens is 282 g/mol. The van der Waals surface area contributed by atoms with Crippen LogP contribution < -0.4 is 0 Å². The molecule has 2 aromatic carbocycles. The zero-order valence-corrected chi connectivity index (χ0v) is 11.4. The lowest BCUT2D eigenvalue weighted by Gasteiger charge is -2.09. The van der Waals surface area contributed by atoms with Crippen LogP contribution in [0.5, 0.6) is 0 Å². The summed E-state index contributed by atoms with van der Waals surface area (Å²) in [6, 6.07) is 14.4. The molecule has 0 amide bonds. The van der Waals surface area contributed by atoms with Crippen molar-refractivity contribution in [2.45, 2.75) is 5.75 Å². The van der Waals surface area contributed by atoms with Crippen molar-refractivity contribution in [2.24, 2.45) is 0 Å². The number of benzene rings is 2. The second-order valence-electron chi connectivity index (χ2n) is 3.94. The Morgan fingerprint density at radius 2 is 1.79 bits per heavy atom. The first-order chi connectivity index (χ1) is 9.10. The van der Waals surface area contributed by atoms with E-state index in [0.29, 0.717) is 16.1 Å². The molecule has 0 aromatic heterocycles. The molecule has 0 saturated heterocycles. The van der Waals surface area contributed by atoms with E-state index in [2.05, 4.69) is 6.07 Å². The van der Waals surface area contributed by atoms with Gasteiger partial charge in [-0.3, -0.25) is 4.21 Å². The van der Waals surface area contributed by atoms with Crippen LogP contribution in [0.4, 0.5) is 0 Å². The highest BCUT2D eigenvalue weighted by Crippen LogP contribution is 2.26. The van der Waals surface area contributed by atoms with E-state index in [1.165, 1.54) is 0 Å². The second-order valence-corrected chi connectivity index (χ2v) is 5.25. The van der Waals surface area contributed by atoms with Crippen LogP contribution in [0.3, 0.4) is 0 Å². The first kappa shape index (κ1) is 13.8. The summed E-state index contributed by atoms with van der Waals surface area (Å²) >= 11 is 3.90. The van der Waals surface area contributed by atoms with Gasteiger partial charge in [-0.25, -0.2) is 0 Å². The van der Waals surface area contributed by atoms with Crippen molar-refractivity contribution in [3.05, 3.63) is 58.6 Å². The molecule has 0 heterocycles. The minimum atomic E-state index is -2.15. The van der Waals surface area contributed by atoms with Gasteiger partial charge in [0.2, 0.25) is 0 Å². The van der Waals surface area contributed by atoms with Crippen molar-refractivity contribution < 1.29 is 8.76 Å². The maximum Gasteiger partial charge on any atom is 0.0991 e. The zero-order chi connectivity index (χ0) is 13.8. The molecule has 0 saturated carbocycles. The molecular formula is C14H9ClNO2S-. The summed E-state index contributed by atoms with van der Waals surface area (Å²) in [5, 5.41) is 9.16. The van der Waals surface area contributed by atoms with Gasteiger partial charge in [0.15, 0.2) is 0 Å². The minimum absolute atomic E-state index is 0.0908. The predicted octanol–water partition coefficient (Wildman–Crippen LogP) is 3.26. The molecule has 0 fully saturated rings. The molecule has 0 spiro atoms. The summed E-state index contributed by atoms with van der Waals surface area (Å²) in [7, 11) is 0. The van der Waals surface area contributed by atoms with Crippen molar-refractivity contribution >= 4 is 22.7 Å². The summed E-state index contributed by atoms with van der Waals surface area (Å²) in [4.78, 5) is 0. The van der Waals surface area contributed by atoms with Gasteiger partial charge in [0.05, 0.1) is 11.6 Å². The number of nitrogens with zero attached hydrogens (tertiary/aromatic N) is 1. The topological polar surface area (TPSA) is 63.9 Å². The molecule has 0 radical (unpaired) electrons. The Morgan fingerprint density at radius 3 is 2.32 bits per heavy atom. The van der Waals surface area contributed by atoms with Gasteiger partial charge in [-0.15, -0.1) is 0 Å². The lowest BCUT2D eigenvalue weighted by molar-refractivity contribution is 0.536. The smallest absolute Gasteiger partial charge is 0.0991 e. The van der Waals surface area contributed by atoms with Gasteiger partial charge in [-0.05, 0) is 34.9 Å². The highest BCUT2D eigenvalue weighted by atomic mass is 35.5. The Morgan fingerprint density at radius 1 is 1.16 bits per heavy atom. The van der Waals surface area contributed by atoms with Gasteiger partial charge in [0, 0.05) is 10.8 Å². The molecule has 2 aromatic rings. The average molecular weight is 291 g/mol. The van der Waals surface area contributed by atoms with Gasteiger partial charge < -0.3 is 4.55 Å². The summed E-state index contributed by atoms with van der Waals surface area (Å²) in [5.41, 5.74) is 2.98. The van der Waals surface area contributed by atoms with Gasteiger partial charge >= 0.3 is 0 Å². The molecule has 0 aliphatic rings. The van der Waals surface area contributed by atoms with E-state index in [1.54, 1.807) is 24.3 Å². The largest absolute Gasteiger partial charge is 0.772 e. The SMILES string of the molecule is N#Cc1ccc(-c2ccc(CS(=O)[O-])c(Cl)c2)cc1. The molecule has 5 heteroatoms. The van der Waals surface area contributed by atoms with E-state index in [4.69, 9.17) is 16.9 Å². The van der Waals surface area contributed by atoms with E-state index in [-0.39, 0.29) is 5.75 Å². The van der Waals surface area contributed by atoms with E-state index < -0.39 is 11.1 Å². The first-order valence-electron chi connectivity index (χ1n) is 5.45. The van der Waals surface area contributed by atoms with E-state index >= 15 is 0 Å². The number of rotatable bonds is 3. The van der Waals surface area contributed by atoms with Gasteiger partial charge in [-0.2, -0.15) is 5.26 Å². The Kier molecular flexibility index (Phi) is 4.33. The van der Waals surface area contributed by atoms with Gasteiger partial charge in [0.25, 0.3) is 0 Å². The van der Waals surface area contributed by atoms with Crippen molar-refractivity contribution in [2.75, 3.05) is 0 Å². The van der Waals surface area contributed by atoms with Crippen molar-refractivity contribution in [1.29, 1.82) is 5.26 Å². The van der Waals surface area contributed by atoms with Gasteiger partial charge in [0.1, 0.15) is 0 Å². The standard InChI is InChI=1S/C14H10ClNO2S/c15-14-7-12(5-6-13(14)9-19(17)18)11-3-1-10(8-16)2-4-11/h1-7H,9H2,(H,17,18)/p-1. The predicted molar refractivity (Wildman–Crippen MR) is 74.2 cm³/mol. The van der Waals surface area contributed by atoms with Crippen LogP contribution >= 0.6 is 11.6 Å². The Hall–Kier alpha value is -1.67. The third-order valence-electron chi connectivity index (χ3n) is 2.67. The van der Waals surface area contributed by atoms with Crippen LogP contribution in [0.25, 0.3) is 11.1 Å². The number of hydrogen-bond acceptors (Lipinski definition) is 3. The van der Waals surface area contributed by atoms with Crippen LogP contribution in [0.2, 0.25) is 5.02 Å². The molecule has 3 nitrogen and oxygen atoms in total. The van der Waals surface area contributed by atoms with Gasteiger partial charge in [-0.1, -0.05) is 46.9 Å². The molecule has 1 atom stereocenters. The normalized spacial score (nSPS) is 11.8. The molecule has 1 unspecified atom stereocenters. The third kappa shape index (κ3) is 3.42. The lowest BCUT2D eigenvalue weighted by Crippen LogP contribution is -1.94. The van der Waals surface area contributed by atoms with Crippen LogP contribution in [0, 0.1) is 11.3 Å². The fraction of sp³-hybridized carbons (Fsp3) is 0.0714. The molecule has 2 rings (SSSR count). The quantitative estimate of drug-likeness (QED) is 0.815. The Balaban J connectivity index is 2.33. The van der Waals surface area contributed by atoms with Crippen LogP contribution in [-0.4, -0.2) is 8.76 Å². The third-order valence-corrected chi connectivity index (χ3v) is 3.57. The summed E-state index contributed by atoms with van der Waals surface area (Å²) < 4.78 is 21.3. The first-order valence-corrected chi connectivity index (χ1v) is 7.07. The van der Waals surface area contributed by atoms with Crippen LogP contribution in [-0.2, 0) is 16.8 Å². The average Bonchev–Trinajstić information content (AvgIpc) is 2.41. The molecule has 19 heavy (non-hydrogen) atoms. The van der Waals surface area contributed by atoms with Crippen LogP contribution in [0.15, 0.2) is 42.5 Å². The van der Waals surface area contributed by atoms with Crippen LogP contribution in [0.1, 0.15) is 11.1 Å². The highest BCUT2D eigenvalue weighted by molar-refractivity contribution is 7.78. The van der Waals surface area contributed by atoms with Crippen molar-refractivity contribution in [3.8, 4) is 17.2 Å². The number of hydrogen-bond donors (Lipinski definition) is 0. The maximum atomic E-state index is 10.7. The number of halogens is 1. The van der Waals surface area contributed by atoms with E-state index in [9.17, 15) is 8.76 Å². The molecule has 0 bridgehead atoms. The molecule has 96 valence electrons. The number of nitriles is 1. The fourth-order valence-electron chi connectivity index (χ4n) is 1.71. The van der Waals surface area contributed by atoms with Crippen molar-refractivity contribution in [1.82, 2.24) is 0 Å². The molecule has 0 aliphatic carbocycles. The Bertz CT molecular complexity index is 662. The summed E-state index contributed by atoms with van der Waals surface area (Å²) in [5.74, 6) is -0.0908. The second kappa shape index (κ2) is 5.98. The summed E-state index contributed by atoms with van der Waals surface area (Å²) in [6.45, 7) is 0. The molecule has 0 aliphatic heterocycles. The summed E-state index contributed by atoms with van der Waals surface area (Å²) in [6.07, 6.45) is 0. The van der Waals surface area contributed by atoms with E-state index in [0.717, 1.165) is 11.1 Å². The fourth-order valence-corrected chi connectivity index (χ4v) is 2.54. The highest BCUT2D eigenvalue weighted by Gasteiger charge is 2.04.